The summed E-state index contributed by atoms with van der Waals surface area (Å²) >= 11 is 0. The zero-order chi connectivity index (χ0) is 26.9. The van der Waals surface area contributed by atoms with Gasteiger partial charge in [-0.3, -0.25) is 9.59 Å². The monoisotopic (exact) mass is 525 g/mol. The highest BCUT2D eigenvalue weighted by atomic mass is 19.4. The SMILES string of the molecule is O=C(CCN(C(=O)c1ccc(C(F)(F)F)cc1)C1CCCCC1)N1CCNCC1.O=C(O)C(F)(F)F. The molecule has 0 bridgehead atoms. The molecule has 36 heavy (non-hydrogen) atoms. The van der Waals surface area contributed by atoms with E-state index in [2.05, 4.69) is 5.32 Å². The van der Waals surface area contributed by atoms with Crippen LogP contribution in [0.2, 0.25) is 0 Å². The van der Waals surface area contributed by atoms with Crippen LogP contribution in [0.4, 0.5) is 26.3 Å². The molecule has 1 heterocycles. The normalized spacial score (nSPS) is 17.1. The first-order valence-electron chi connectivity index (χ1n) is 11.6. The highest BCUT2D eigenvalue weighted by Crippen LogP contribution is 2.30. The standard InChI is InChI=1S/C21H28F3N3O2.C2HF3O2/c22-21(23,24)17-8-6-16(7-9-17)20(29)27(18-4-2-1-3-5-18)13-10-19(28)26-14-11-25-12-15-26;3-2(4,5)1(6)7/h6-9,18,25H,1-5,10-15H2;(H,6,7). The first-order valence-corrected chi connectivity index (χ1v) is 11.6. The van der Waals surface area contributed by atoms with Gasteiger partial charge >= 0.3 is 18.3 Å². The molecule has 1 saturated carbocycles. The second-order valence-electron chi connectivity index (χ2n) is 8.55. The number of hydrogen-bond donors (Lipinski definition) is 2. The zero-order valence-corrected chi connectivity index (χ0v) is 19.5. The summed E-state index contributed by atoms with van der Waals surface area (Å²) in [5.74, 6) is -3.03. The van der Waals surface area contributed by atoms with Gasteiger partial charge in [0, 0.05) is 50.7 Å². The van der Waals surface area contributed by atoms with Crippen molar-refractivity contribution in [1.82, 2.24) is 15.1 Å². The summed E-state index contributed by atoms with van der Waals surface area (Å²) in [5, 5.41) is 10.3. The number of amides is 2. The van der Waals surface area contributed by atoms with E-state index in [0.29, 0.717) is 19.6 Å². The van der Waals surface area contributed by atoms with E-state index in [4.69, 9.17) is 9.90 Å². The molecule has 1 aromatic rings. The number of benzene rings is 1. The van der Waals surface area contributed by atoms with Crippen molar-refractivity contribution in [3.63, 3.8) is 0 Å². The molecule has 2 N–H and O–H groups in total. The molecule has 1 aromatic carbocycles. The summed E-state index contributed by atoms with van der Waals surface area (Å²) in [6, 6.07) is 4.39. The molecule has 202 valence electrons. The van der Waals surface area contributed by atoms with Gasteiger partial charge in [-0.2, -0.15) is 26.3 Å². The summed E-state index contributed by atoms with van der Waals surface area (Å²) in [5.41, 5.74) is -0.537. The van der Waals surface area contributed by atoms with Crippen LogP contribution in [-0.4, -0.2) is 77.6 Å². The van der Waals surface area contributed by atoms with Crippen LogP contribution in [0.3, 0.4) is 0 Å². The summed E-state index contributed by atoms with van der Waals surface area (Å²) in [6.07, 6.45) is -4.37. The number of nitrogens with zero attached hydrogens (tertiary/aromatic N) is 2. The minimum Gasteiger partial charge on any atom is -0.475 e. The van der Waals surface area contributed by atoms with Gasteiger partial charge in [-0.15, -0.1) is 0 Å². The average molecular weight is 525 g/mol. The van der Waals surface area contributed by atoms with Gasteiger partial charge in [0.2, 0.25) is 5.91 Å². The first kappa shape index (κ1) is 29.4. The smallest absolute Gasteiger partial charge is 0.475 e. The number of aliphatic carboxylic acids is 1. The fourth-order valence-corrected chi connectivity index (χ4v) is 4.10. The minimum atomic E-state index is -5.08. The van der Waals surface area contributed by atoms with E-state index in [1.54, 1.807) is 9.80 Å². The predicted molar refractivity (Wildman–Crippen MR) is 117 cm³/mol. The number of hydrogen-bond acceptors (Lipinski definition) is 4. The van der Waals surface area contributed by atoms with Gasteiger partial charge in [-0.25, -0.2) is 4.79 Å². The molecule has 7 nitrogen and oxygen atoms in total. The van der Waals surface area contributed by atoms with Crippen LogP contribution >= 0.6 is 0 Å². The lowest BCUT2D eigenvalue weighted by atomic mass is 9.93. The lowest BCUT2D eigenvalue weighted by Gasteiger charge is -2.35. The third-order valence-corrected chi connectivity index (χ3v) is 6.01. The molecule has 2 amide bonds. The number of carboxylic acid groups (broad SMARTS) is 1. The maximum absolute atomic E-state index is 13.1. The number of carbonyl (C=O) groups excluding carboxylic acids is 2. The Kier molecular flexibility index (Phi) is 10.6. The van der Waals surface area contributed by atoms with E-state index in [0.717, 1.165) is 57.3 Å². The molecule has 0 unspecified atom stereocenters. The lowest BCUT2D eigenvalue weighted by Crippen LogP contribution is -2.48. The molecule has 0 radical (unpaired) electrons. The Labute approximate surface area is 204 Å². The van der Waals surface area contributed by atoms with Crippen LogP contribution < -0.4 is 5.32 Å². The molecule has 1 aliphatic carbocycles. The van der Waals surface area contributed by atoms with Crippen molar-refractivity contribution in [2.24, 2.45) is 0 Å². The van der Waals surface area contributed by atoms with Crippen molar-refractivity contribution >= 4 is 17.8 Å². The van der Waals surface area contributed by atoms with E-state index in [9.17, 15) is 35.9 Å². The Morgan fingerprint density at radius 3 is 1.94 bits per heavy atom. The third-order valence-electron chi connectivity index (χ3n) is 6.01. The molecular formula is C23H29F6N3O4. The third kappa shape index (κ3) is 8.99. The Balaban J connectivity index is 0.000000572. The lowest BCUT2D eigenvalue weighted by molar-refractivity contribution is -0.192. The zero-order valence-electron chi connectivity index (χ0n) is 19.5. The van der Waals surface area contributed by atoms with Crippen LogP contribution in [0.5, 0.6) is 0 Å². The highest BCUT2D eigenvalue weighted by molar-refractivity contribution is 5.94. The molecule has 3 rings (SSSR count). The van der Waals surface area contributed by atoms with Crippen LogP contribution in [-0.2, 0) is 15.8 Å². The minimum absolute atomic E-state index is 0.0209. The van der Waals surface area contributed by atoms with Gasteiger partial charge in [0.05, 0.1) is 5.56 Å². The molecule has 1 saturated heterocycles. The van der Waals surface area contributed by atoms with Crippen molar-refractivity contribution < 1.29 is 45.8 Å². The van der Waals surface area contributed by atoms with Gasteiger partial charge in [0.15, 0.2) is 0 Å². The highest BCUT2D eigenvalue weighted by Gasteiger charge is 2.38. The molecule has 2 fully saturated rings. The maximum Gasteiger partial charge on any atom is 0.490 e. The van der Waals surface area contributed by atoms with Gasteiger partial charge in [-0.1, -0.05) is 19.3 Å². The fraction of sp³-hybridized carbons (Fsp3) is 0.609. The van der Waals surface area contributed by atoms with Gasteiger partial charge in [0.25, 0.3) is 5.91 Å². The van der Waals surface area contributed by atoms with Crippen molar-refractivity contribution in [3.05, 3.63) is 35.4 Å². The van der Waals surface area contributed by atoms with E-state index >= 15 is 0 Å². The first-order chi connectivity index (χ1) is 16.8. The quantitative estimate of drug-likeness (QED) is 0.569. The van der Waals surface area contributed by atoms with E-state index in [-0.39, 0.29) is 29.8 Å². The molecule has 0 atom stereocenters. The number of carboxylic acids is 1. The number of carbonyl (C=O) groups is 3. The van der Waals surface area contributed by atoms with Gasteiger partial charge < -0.3 is 20.2 Å². The predicted octanol–water partition coefficient (Wildman–Crippen LogP) is 3.94. The van der Waals surface area contributed by atoms with Crippen molar-refractivity contribution in [3.8, 4) is 0 Å². The number of alkyl halides is 6. The molecule has 0 aromatic heterocycles. The molecule has 13 heteroatoms. The van der Waals surface area contributed by atoms with Crippen LogP contribution in [0.1, 0.15) is 54.4 Å². The fourth-order valence-electron chi connectivity index (χ4n) is 4.10. The van der Waals surface area contributed by atoms with E-state index in [1.165, 1.54) is 12.1 Å². The molecule has 2 aliphatic rings. The number of nitrogens with one attached hydrogen (secondary N) is 1. The largest absolute Gasteiger partial charge is 0.490 e. The van der Waals surface area contributed by atoms with Crippen molar-refractivity contribution in [1.29, 1.82) is 0 Å². The number of piperazine rings is 1. The van der Waals surface area contributed by atoms with Crippen LogP contribution in [0.25, 0.3) is 0 Å². The van der Waals surface area contributed by atoms with Crippen LogP contribution in [0, 0.1) is 0 Å². The molecule has 1 aliphatic heterocycles. The van der Waals surface area contributed by atoms with Gasteiger partial charge in [0.1, 0.15) is 0 Å². The Morgan fingerprint density at radius 2 is 1.47 bits per heavy atom. The summed E-state index contributed by atoms with van der Waals surface area (Å²) in [4.78, 5) is 38.0. The summed E-state index contributed by atoms with van der Waals surface area (Å²) < 4.78 is 70.2. The maximum atomic E-state index is 13.1. The molecule has 0 spiro atoms. The van der Waals surface area contributed by atoms with Gasteiger partial charge in [-0.05, 0) is 37.1 Å². The Morgan fingerprint density at radius 1 is 0.944 bits per heavy atom. The number of halogens is 6. The topological polar surface area (TPSA) is 90.0 Å². The Bertz CT molecular complexity index is 877. The second-order valence-corrected chi connectivity index (χ2v) is 8.55. The summed E-state index contributed by atoms with van der Waals surface area (Å²) in [6.45, 7) is 3.16. The van der Waals surface area contributed by atoms with E-state index in [1.807, 2.05) is 0 Å². The summed E-state index contributed by atoms with van der Waals surface area (Å²) in [7, 11) is 0. The number of rotatable bonds is 5. The Hall–Kier alpha value is -2.83. The average Bonchev–Trinajstić information content (AvgIpc) is 2.84. The van der Waals surface area contributed by atoms with Crippen LogP contribution in [0.15, 0.2) is 24.3 Å². The van der Waals surface area contributed by atoms with Crippen molar-refractivity contribution in [2.45, 2.75) is 56.9 Å². The second kappa shape index (κ2) is 12.9. The van der Waals surface area contributed by atoms with Crippen molar-refractivity contribution in [2.75, 3.05) is 32.7 Å². The van der Waals surface area contributed by atoms with E-state index < -0.39 is 23.9 Å². The molecular weight excluding hydrogens is 496 g/mol.